The number of halogens is 2. The van der Waals surface area contributed by atoms with Gasteiger partial charge in [-0.2, -0.15) is 0 Å². The fraction of sp³-hybridized carbons (Fsp3) is 0.538. The topological polar surface area (TPSA) is 29.3 Å². The second-order valence-corrected chi connectivity index (χ2v) is 4.36. The minimum Gasteiger partial charge on any atom is -0.323 e. The Labute approximate surface area is 101 Å². The highest BCUT2D eigenvalue weighted by Crippen LogP contribution is 2.19. The van der Waals surface area contributed by atoms with Crippen LogP contribution >= 0.6 is 0 Å². The molecule has 0 spiro atoms. The maximum Gasteiger partial charge on any atom is 0.130 e. The van der Waals surface area contributed by atoms with Gasteiger partial charge in [0.2, 0.25) is 0 Å². The van der Waals surface area contributed by atoms with E-state index in [1.807, 2.05) is 11.9 Å². The van der Waals surface area contributed by atoms with E-state index in [1.54, 1.807) is 0 Å². The van der Waals surface area contributed by atoms with Crippen molar-refractivity contribution in [2.45, 2.75) is 25.8 Å². The van der Waals surface area contributed by atoms with Crippen LogP contribution in [0.15, 0.2) is 18.2 Å². The molecule has 0 bridgehead atoms. The van der Waals surface area contributed by atoms with Crippen molar-refractivity contribution in [3.63, 3.8) is 0 Å². The first-order chi connectivity index (χ1) is 8.06. The Morgan fingerprint density at radius 3 is 2.41 bits per heavy atom. The summed E-state index contributed by atoms with van der Waals surface area (Å²) in [5.41, 5.74) is 5.83. The standard InChI is InChI=1S/C13H20F2N2/c1-3-4-8-17(2)9-12(16)13-10(14)6-5-7-11(13)15/h5-7,12H,3-4,8-9,16H2,1-2H3. The number of unbranched alkanes of at least 4 members (excludes halogenated alkanes) is 1. The summed E-state index contributed by atoms with van der Waals surface area (Å²) in [6, 6.07) is 3.20. The van der Waals surface area contributed by atoms with E-state index in [-0.39, 0.29) is 5.56 Å². The van der Waals surface area contributed by atoms with Crippen LogP contribution in [-0.4, -0.2) is 25.0 Å². The zero-order chi connectivity index (χ0) is 12.8. The quantitative estimate of drug-likeness (QED) is 0.831. The van der Waals surface area contributed by atoms with Crippen molar-refractivity contribution in [3.8, 4) is 0 Å². The SMILES string of the molecule is CCCCN(C)CC(N)c1c(F)cccc1F. The van der Waals surface area contributed by atoms with Crippen molar-refractivity contribution >= 4 is 0 Å². The van der Waals surface area contributed by atoms with E-state index in [4.69, 9.17) is 5.73 Å². The molecule has 0 heterocycles. The first kappa shape index (κ1) is 14.1. The molecule has 0 aliphatic rings. The second kappa shape index (κ2) is 6.67. The third-order valence-electron chi connectivity index (χ3n) is 2.77. The average Bonchev–Trinajstić information content (AvgIpc) is 2.26. The lowest BCUT2D eigenvalue weighted by atomic mass is 10.1. The molecule has 1 aromatic rings. The van der Waals surface area contributed by atoms with Crippen LogP contribution in [0.25, 0.3) is 0 Å². The molecule has 1 atom stereocenters. The van der Waals surface area contributed by atoms with E-state index >= 15 is 0 Å². The van der Waals surface area contributed by atoms with Crippen LogP contribution < -0.4 is 5.73 Å². The van der Waals surface area contributed by atoms with Crippen molar-refractivity contribution in [1.29, 1.82) is 0 Å². The van der Waals surface area contributed by atoms with Gasteiger partial charge in [0.05, 0.1) is 0 Å². The van der Waals surface area contributed by atoms with Gasteiger partial charge in [-0.1, -0.05) is 19.4 Å². The maximum atomic E-state index is 13.5. The van der Waals surface area contributed by atoms with Gasteiger partial charge in [0, 0.05) is 18.2 Å². The Morgan fingerprint density at radius 1 is 1.29 bits per heavy atom. The summed E-state index contributed by atoms with van der Waals surface area (Å²) in [5, 5.41) is 0. The summed E-state index contributed by atoms with van der Waals surface area (Å²) in [6.07, 6.45) is 2.15. The van der Waals surface area contributed by atoms with Gasteiger partial charge in [-0.3, -0.25) is 0 Å². The monoisotopic (exact) mass is 242 g/mol. The molecule has 0 fully saturated rings. The number of nitrogens with two attached hydrogens (primary N) is 1. The average molecular weight is 242 g/mol. The first-order valence-electron chi connectivity index (χ1n) is 5.94. The van der Waals surface area contributed by atoms with Crippen molar-refractivity contribution in [1.82, 2.24) is 4.90 Å². The van der Waals surface area contributed by atoms with Crippen molar-refractivity contribution in [2.75, 3.05) is 20.1 Å². The third-order valence-corrected chi connectivity index (χ3v) is 2.77. The number of rotatable bonds is 6. The number of benzene rings is 1. The molecule has 0 amide bonds. The van der Waals surface area contributed by atoms with E-state index in [9.17, 15) is 8.78 Å². The minimum atomic E-state index is -0.627. The first-order valence-corrected chi connectivity index (χ1v) is 5.94. The molecule has 2 N–H and O–H groups in total. The molecule has 0 saturated heterocycles. The van der Waals surface area contributed by atoms with Crippen molar-refractivity contribution < 1.29 is 8.78 Å². The highest BCUT2D eigenvalue weighted by Gasteiger charge is 2.17. The smallest absolute Gasteiger partial charge is 0.130 e. The Kier molecular flexibility index (Phi) is 5.51. The molecule has 1 rings (SSSR count). The van der Waals surface area contributed by atoms with Gasteiger partial charge >= 0.3 is 0 Å². The van der Waals surface area contributed by atoms with Crippen LogP contribution in [0, 0.1) is 11.6 Å². The highest BCUT2D eigenvalue weighted by atomic mass is 19.1. The number of likely N-dealkylation sites (N-methyl/N-ethyl adjacent to an activating group) is 1. The van der Waals surface area contributed by atoms with E-state index in [0.717, 1.165) is 19.4 Å². The van der Waals surface area contributed by atoms with Gasteiger partial charge in [0.25, 0.3) is 0 Å². The predicted octanol–water partition coefficient (Wildman–Crippen LogP) is 2.70. The Bertz CT molecular complexity index is 335. The van der Waals surface area contributed by atoms with E-state index in [1.165, 1.54) is 18.2 Å². The van der Waals surface area contributed by atoms with Crippen LogP contribution in [-0.2, 0) is 0 Å². The molecule has 4 heteroatoms. The fourth-order valence-corrected chi connectivity index (χ4v) is 1.81. The lowest BCUT2D eigenvalue weighted by Gasteiger charge is -2.21. The molecule has 0 saturated carbocycles. The van der Waals surface area contributed by atoms with Gasteiger partial charge < -0.3 is 10.6 Å². The van der Waals surface area contributed by atoms with Crippen molar-refractivity contribution in [2.24, 2.45) is 5.73 Å². The van der Waals surface area contributed by atoms with Gasteiger partial charge in [-0.05, 0) is 32.1 Å². The summed E-state index contributed by atoms with van der Waals surface area (Å²) in [6.45, 7) is 3.45. The van der Waals surface area contributed by atoms with E-state index < -0.39 is 17.7 Å². The molecule has 0 radical (unpaired) electrons. The summed E-state index contributed by atoms with van der Waals surface area (Å²) in [5.74, 6) is -1.14. The molecule has 2 nitrogen and oxygen atoms in total. The molecule has 0 aromatic heterocycles. The Morgan fingerprint density at radius 2 is 1.88 bits per heavy atom. The van der Waals surface area contributed by atoms with Gasteiger partial charge in [0.15, 0.2) is 0 Å². The van der Waals surface area contributed by atoms with Crippen LogP contribution in [0.5, 0.6) is 0 Å². The summed E-state index contributed by atoms with van der Waals surface area (Å²) >= 11 is 0. The fourth-order valence-electron chi connectivity index (χ4n) is 1.81. The normalized spacial score (nSPS) is 13.1. The van der Waals surface area contributed by atoms with Crippen molar-refractivity contribution in [3.05, 3.63) is 35.4 Å². The van der Waals surface area contributed by atoms with Crippen LogP contribution in [0.3, 0.4) is 0 Å². The van der Waals surface area contributed by atoms with E-state index in [0.29, 0.717) is 6.54 Å². The van der Waals surface area contributed by atoms with Crippen LogP contribution in [0.4, 0.5) is 8.78 Å². The van der Waals surface area contributed by atoms with Crippen LogP contribution in [0.2, 0.25) is 0 Å². The largest absolute Gasteiger partial charge is 0.323 e. The lowest BCUT2D eigenvalue weighted by Crippen LogP contribution is -2.31. The lowest BCUT2D eigenvalue weighted by molar-refractivity contribution is 0.302. The summed E-state index contributed by atoms with van der Waals surface area (Å²) in [4.78, 5) is 2.00. The maximum absolute atomic E-state index is 13.5. The summed E-state index contributed by atoms with van der Waals surface area (Å²) in [7, 11) is 1.91. The number of hydrogen-bond donors (Lipinski definition) is 1. The molecule has 0 aliphatic heterocycles. The summed E-state index contributed by atoms with van der Waals surface area (Å²) < 4.78 is 26.9. The molecule has 96 valence electrons. The second-order valence-electron chi connectivity index (χ2n) is 4.36. The molecule has 1 unspecified atom stereocenters. The molecular formula is C13H20F2N2. The van der Waals surface area contributed by atoms with Crippen LogP contribution in [0.1, 0.15) is 31.4 Å². The van der Waals surface area contributed by atoms with E-state index in [2.05, 4.69) is 6.92 Å². The minimum absolute atomic E-state index is 0.0177. The number of hydrogen-bond acceptors (Lipinski definition) is 2. The van der Waals surface area contributed by atoms with Gasteiger partial charge in [-0.15, -0.1) is 0 Å². The van der Waals surface area contributed by atoms with Gasteiger partial charge in [-0.25, -0.2) is 8.78 Å². The zero-order valence-electron chi connectivity index (χ0n) is 10.4. The third kappa shape index (κ3) is 4.06. The molecule has 0 aliphatic carbocycles. The predicted molar refractivity (Wildman–Crippen MR) is 65.7 cm³/mol. The zero-order valence-corrected chi connectivity index (χ0v) is 10.4. The highest BCUT2D eigenvalue weighted by molar-refractivity contribution is 5.23. The Hall–Kier alpha value is -1.00. The molecule has 17 heavy (non-hydrogen) atoms. The molecule has 1 aromatic carbocycles. The van der Waals surface area contributed by atoms with Gasteiger partial charge in [0.1, 0.15) is 11.6 Å². The Balaban J connectivity index is 2.66. The number of nitrogens with zero attached hydrogens (tertiary/aromatic N) is 1. The molecular weight excluding hydrogens is 222 g/mol.